The Labute approximate surface area is 123 Å². The first kappa shape index (κ1) is 15.6. The minimum absolute atomic E-state index is 0.0351. The second-order valence-corrected chi connectivity index (χ2v) is 9.24. The molecule has 0 radical (unpaired) electrons. The number of nitrogens with one attached hydrogen (secondary N) is 1. The Morgan fingerprint density at radius 3 is 2.65 bits per heavy atom. The summed E-state index contributed by atoms with van der Waals surface area (Å²) in [5, 5.41) is -0.511. The van der Waals surface area contributed by atoms with Gasteiger partial charge >= 0.3 is 0 Å². The minimum atomic E-state index is -3.79. The number of halogens is 1. The highest BCUT2D eigenvalue weighted by Crippen LogP contribution is 2.23. The molecule has 0 aromatic heterocycles. The van der Waals surface area contributed by atoms with Gasteiger partial charge in [-0.25, -0.2) is 21.6 Å². The van der Waals surface area contributed by atoms with Gasteiger partial charge in [-0.15, -0.1) is 0 Å². The Balaban J connectivity index is 2.13. The van der Waals surface area contributed by atoms with Crippen molar-refractivity contribution in [1.82, 2.24) is 4.72 Å². The Bertz CT molecular complexity index is 716. The third-order valence-corrected chi connectivity index (χ3v) is 7.27. The fourth-order valence-corrected chi connectivity index (χ4v) is 5.27. The largest absolute Gasteiger partial charge is 0.398 e. The maximum Gasteiger partial charge on any atom is 0.240 e. The molecule has 1 aromatic carbocycles. The van der Waals surface area contributed by atoms with Crippen LogP contribution in [0.15, 0.2) is 23.1 Å². The summed E-state index contributed by atoms with van der Waals surface area (Å²) in [6.45, 7) is -0.118. The maximum atomic E-state index is 12.1. The minimum Gasteiger partial charge on any atom is -0.398 e. The van der Waals surface area contributed by atoms with E-state index in [2.05, 4.69) is 4.72 Å². The highest BCUT2D eigenvalue weighted by atomic mass is 35.5. The SMILES string of the molecule is Nc1ccc(S(=O)(=O)NCC2CCCS2(=O)=O)cc1Cl. The fourth-order valence-electron chi connectivity index (χ4n) is 2.05. The van der Waals surface area contributed by atoms with Gasteiger partial charge < -0.3 is 5.73 Å². The number of anilines is 1. The molecular weight excluding hydrogens is 324 g/mol. The number of rotatable bonds is 4. The van der Waals surface area contributed by atoms with Crippen LogP contribution in [-0.2, 0) is 19.9 Å². The Kier molecular flexibility index (Phi) is 4.29. The van der Waals surface area contributed by atoms with Crippen molar-refractivity contribution in [3.63, 3.8) is 0 Å². The van der Waals surface area contributed by atoms with Gasteiger partial charge in [-0.3, -0.25) is 0 Å². The van der Waals surface area contributed by atoms with Crippen molar-refractivity contribution >= 4 is 37.1 Å². The Morgan fingerprint density at radius 1 is 1.40 bits per heavy atom. The molecule has 2 rings (SSSR count). The van der Waals surface area contributed by atoms with E-state index in [1.54, 1.807) is 0 Å². The number of sulfone groups is 1. The maximum absolute atomic E-state index is 12.1. The van der Waals surface area contributed by atoms with Crippen molar-refractivity contribution in [3.05, 3.63) is 23.2 Å². The van der Waals surface area contributed by atoms with Crippen molar-refractivity contribution < 1.29 is 16.8 Å². The van der Waals surface area contributed by atoms with Crippen molar-refractivity contribution in [3.8, 4) is 0 Å². The molecule has 0 saturated carbocycles. The molecule has 112 valence electrons. The van der Waals surface area contributed by atoms with Gasteiger partial charge in [0.15, 0.2) is 9.84 Å². The lowest BCUT2D eigenvalue weighted by Gasteiger charge is -2.12. The van der Waals surface area contributed by atoms with Crippen LogP contribution < -0.4 is 10.5 Å². The van der Waals surface area contributed by atoms with E-state index in [1.165, 1.54) is 18.2 Å². The van der Waals surface area contributed by atoms with E-state index < -0.39 is 25.1 Å². The van der Waals surface area contributed by atoms with E-state index in [1.807, 2.05) is 0 Å². The quantitative estimate of drug-likeness (QED) is 0.789. The molecule has 0 aliphatic carbocycles. The second-order valence-electron chi connectivity index (χ2n) is 4.67. The van der Waals surface area contributed by atoms with Gasteiger partial charge in [0.2, 0.25) is 10.0 Å². The van der Waals surface area contributed by atoms with Gasteiger partial charge in [-0.1, -0.05) is 11.6 Å². The summed E-state index contributed by atoms with van der Waals surface area (Å²) >= 11 is 5.78. The molecule has 1 aliphatic heterocycles. The fraction of sp³-hybridized carbons (Fsp3) is 0.455. The summed E-state index contributed by atoms with van der Waals surface area (Å²) in [4.78, 5) is -0.0351. The number of benzene rings is 1. The van der Waals surface area contributed by atoms with Gasteiger partial charge in [0.05, 0.1) is 26.6 Å². The molecule has 20 heavy (non-hydrogen) atoms. The van der Waals surface area contributed by atoms with Gasteiger partial charge in [0.1, 0.15) is 0 Å². The molecule has 1 atom stereocenters. The van der Waals surface area contributed by atoms with Crippen molar-refractivity contribution in [2.75, 3.05) is 18.0 Å². The lowest BCUT2D eigenvalue weighted by atomic mass is 10.2. The molecule has 6 nitrogen and oxygen atoms in total. The van der Waals surface area contributed by atoms with Crippen LogP contribution in [0.5, 0.6) is 0 Å². The van der Waals surface area contributed by atoms with Gasteiger partial charge in [0, 0.05) is 6.54 Å². The first-order valence-corrected chi connectivity index (χ1v) is 9.56. The van der Waals surface area contributed by atoms with Gasteiger partial charge in [0.25, 0.3) is 0 Å². The Morgan fingerprint density at radius 2 is 2.10 bits per heavy atom. The molecule has 0 amide bonds. The van der Waals surface area contributed by atoms with Gasteiger partial charge in [-0.2, -0.15) is 0 Å². The average molecular weight is 339 g/mol. The smallest absolute Gasteiger partial charge is 0.240 e. The lowest BCUT2D eigenvalue weighted by Crippen LogP contribution is -2.34. The zero-order valence-electron chi connectivity index (χ0n) is 10.5. The van der Waals surface area contributed by atoms with Crippen LogP contribution in [-0.4, -0.2) is 34.4 Å². The summed E-state index contributed by atoms with van der Waals surface area (Å²) in [5.41, 5.74) is 5.80. The number of nitrogen functional groups attached to an aromatic ring is 1. The molecule has 1 unspecified atom stereocenters. The predicted octanol–water partition coefficient (Wildman–Crippen LogP) is 0.778. The van der Waals surface area contributed by atoms with Crippen molar-refractivity contribution in [1.29, 1.82) is 0 Å². The summed E-state index contributed by atoms with van der Waals surface area (Å²) < 4.78 is 49.7. The van der Waals surface area contributed by atoms with Crippen molar-refractivity contribution in [2.45, 2.75) is 23.0 Å². The number of hydrogen-bond acceptors (Lipinski definition) is 5. The second kappa shape index (κ2) is 5.51. The number of nitrogens with two attached hydrogens (primary N) is 1. The number of sulfonamides is 1. The first-order valence-electron chi connectivity index (χ1n) is 5.99. The van der Waals surface area contributed by atoms with Crippen LogP contribution >= 0.6 is 11.6 Å². The third-order valence-electron chi connectivity index (χ3n) is 3.25. The van der Waals surface area contributed by atoms with Crippen LogP contribution in [0, 0.1) is 0 Å². The lowest BCUT2D eigenvalue weighted by molar-refractivity contribution is 0.571. The highest BCUT2D eigenvalue weighted by molar-refractivity contribution is 7.92. The average Bonchev–Trinajstić information content (AvgIpc) is 2.69. The summed E-state index contributed by atoms with van der Waals surface area (Å²) in [5.74, 6) is 0.118. The predicted molar refractivity (Wildman–Crippen MR) is 77.9 cm³/mol. The van der Waals surface area contributed by atoms with E-state index in [0.29, 0.717) is 12.8 Å². The summed E-state index contributed by atoms with van der Waals surface area (Å²) in [6.07, 6.45) is 1.05. The van der Waals surface area contributed by atoms with Crippen molar-refractivity contribution in [2.24, 2.45) is 0 Å². The van der Waals surface area contributed by atoms with Crippen LogP contribution in [0.3, 0.4) is 0 Å². The zero-order valence-corrected chi connectivity index (χ0v) is 12.9. The van der Waals surface area contributed by atoms with Crippen LogP contribution in [0.4, 0.5) is 5.69 Å². The first-order chi connectivity index (χ1) is 9.22. The van der Waals surface area contributed by atoms with E-state index in [-0.39, 0.29) is 27.9 Å². The monoisotopic (exact) mass is 338 g/mol. The molecule has 9 heteroatoms. The molecule has 1 heterocycles. The molecule has 0 spiro atoms. The van der Waals surface area contributed by atoms with E-state index >= 15 is 0 Å². The van der Waals surface area contributed by atoms with Crippen LogP contribution in [0.2, 0.25) is 5.02 Å². The van der Waals surface area contributed by atoms with Gasteiger partial charge in [-0.05, 0) is 31.0 Å². The highest BCUT2D eigenvalue weighted by Gasteiger charge is 2.32. The molecule has 3 N–H and O–H groups in total. The molecule has 1 aromatic rings. The van der Waals surface area contributed by atoms with E-state index in [4.69, 9.17) is 17.3 Å². The molecule has 1 fully saturated rings. The Hall–Kier alpha value is -0.830. The topological polar surface area (TPSA) is 106 Å². The normalized spacial score (nSPS) is 21.9. The molecule has 0 bridgehead atoms. The van der Waals surface area contributed by atoms with Crippen LogP contribution in [0.1, 0.15) is 12.8 Å². The van der Waals surface area contributed by atoms with E-state index in [9.17, 15) is 16.8 Å². The zero-order chi connectivity index (χ0) is 15.0. The third kappa shape index (κ3) is 3.25. The molecule has 1 saturated heterocycles. The van der Waals surface area contributed by atoms with E-state index in [0.717, 1.165) is 0 Å². The molecule has 1 aliphatic rings. The molecular formula is C11H15ClN2O4S2. The summed E-state index contributed by atoms with van der Waals surface area (Å²) in [7, 11) is -6.97. The number of hydrogen-bond donors (Lipinski definition) is 2. The standard InChI is InChI=1S/C11H15ClN2O4S2/c12-10-6-8(3-4-11(10)13)20(17,18)14-7-9-2-1-5-19(9,15)16/h3-4,6,9,14H,1-2,5,7,13H2. The van der Waals surface area contributed by atoms with Crippen LogP contribution in [0.25, 0.3) is 0 Å². The summed E-state index contributed by atoms with van der Waals surface area (Å²) in [6, 6.07) is 3.96.